The van der Waals surface area contributed by atoms with Crippen molar-refractivity contribution >= 4 is 17.6 Å². The largest absolute Gasteiger partial charge is 0.458 e. The summed E-state index contributed by atoms with van der Waals surface area (Å²) < 4.78 is 6.83. The van der Waals surface area contributed by atoms with Gasteiger partial charge >= 0.3 is 5.97 Å². The first kappa shape index (κ1) is 23.0. The Kier molecular flexibility index (Phi) is 12.4. The molecule has 1 rings (SSSR count). The van der Waals surface area contributed by atoms with E-state index < -0.39 is 18.7 Å². The average molecular weight is 388 g/mol. The topological polar surface area (TPSA) is 71.7 Å². The molecule has 0 aliphatic heterocycles. The summed E-state index contributed by atoms with van der Waals surface area (Å²) in [5, 5.41) is 18.1. The van der Waals surface area contributed by atoms with E-state index in [0.717, 1.165) is 19.3 Å². The van der Waals surface area contributed by atoms with E-state index >= 15 is 0 Å². The van der Waals surface area contributed by atoms with E-state index in [1.54, 1.807) is 12.1 Å². The van der Waals surface area contributed by atoms with E-state index in [0.29, 0.717) is 12.2 Å². The monoisotopic (exact) mass is 387 g/mol. The molecule has 0 spiro atoms. The summed E-state index contributed by atoms with van der Waals surface area (Å²) in [6.45, 7) is 2.24. The summed E-state index contributed by atoms with van der Waals surface area (Å²) in [6, 6.07) is 3.48. The highest BCUT2D eigenvalue weighted by Crippen LogP contribution is 2.16. The van der Waals surface area contributed by atoms with Crippen LogP contribution < -0.4 is 0 Å². The van der Waals surface area contributed by atoms with Gasteiger partial charge < -0.3 is 19.5 Å². The van der Waals surface area contributed by atoms with Crippen LogP contribution in [0.15, 0.2) is 18.3 Å². The van der Waals surface area contributed by atoms with Crippen LogP contribution in [-0.4, -0.2) is 45.4 Å². The summed E-state index contributed by atoms with van der Waals surface area (Å²) in [6.07, 6.45) is 11.5. The van der Waals surface area contributed by atoms with E-state index in [-0.39, 0.29) is 12.0 Å². The molecule has 0 aromatic carbocycles. The molecule has 1 aromatic heterocycles. The average Bonchev–Trinajstić information content (AvgIpc) is 3.12. The van der Waals surface area contributed by atoms with Gasteiger partial charge in [0.1, 0.15) is 18.4 Å². The van der Waals surface area contributed by atoms with Gasteiger partial charge in [0, 0.05) is 18.1 Å². The number of esters is 1. The quantitative estimate of drug-likeness (QED) is 0.269. The van der Waals surface area contributed by atoms with Crippen molar-refractivity contribution in [3.05, 3.63) is 24.0 Å². The lowest BCUT2D eigenvalue weighted by Gasteiger charge is -2.13. The molecule has 2 atom stereocenters. The van der Waals surface area contributed by atoms with Crippen LogP contribution >= 0.6 is 11.6 Å². The fraction of sp³-hybridized carbons (Fsp3) is 0.750. The number of hydrogen-bond acceptors (Lipinski definition) is 4. The Morgan fingerprint density at radius 3 is 2.58 bits per heavy atom. The van der Waals surface area contributed by atoms with Gasteiger partial charge in [-0.25, -0.2) is 4.79 Å². The van der Waals surface area contributed by atoms with Crippen molar-refractivity contribution in [3.8, 4) is 0 Å². The van der Waals surface area contributed by atoms with Crippen molar-refractivity contribution in [3.63, 3.8) is 0 Å². The van der Waals surface area contributed by atoms with Gasteiger partial charge in [0.15, 0.2) is 0 Å². The molecule has 2 N–H and O–H groups in total. The second-order valence-corrected chi connectivity index (χ2v) is 7.43. The Balaban J connectivity index is 2.24. The molecule has 1 heterocycles. The maximum atomic E-state index is 12.0. The molecular formula is C20H34ClNO4. The lowest BCUT2D eigenvalue weighted by atomic mass is 10.1. The highest BCUT2D eigenvalue weighted by atomic mass is 35.5. The molecule has 5 nitrogen and oxygen atoms in total. The van der Waals surface area contributed by atoms with Crippen LogP contribution in [0.3, 0.4) is 0 Å². The van der Waals surface area contributed by atoms with Crippen molar-refractivity contribution < 1.29 is 19.7 Å². The first-order valence-electron chi connectivity index (χ1n) is 9.83. The number of unbranched alkanes of at least 4 members (excludes halogenated alkanes) is 6. The minimum absolute atomic E-state index is 0.105. The van der Waals surface area contributed by atoms with Crippen molar-refractivity contribution in [1.82, 2.24) is 4.57 Å². The molecule has 2 unspecified atom stereocenters. The maximum absolute atomic E-state index is 12.0. The summed E-state index contributed by atoms with van der Waals surface area (Å²) in [5.74, 6) is -0.499. The fourth-order valence-electron chi connectivity index (χ4n) is 2.84. The Hall–Kier alpha value is -1.04. The number of carbonyl (C=O) groups excluding carboxylic acids is 1. The number of aliphatic hydroxyl groups is 2. The van der Waals surface area contributed by atoms with E-state index in [4.69, 9.17) is 21.4 Å². The van der Waals surface area contributed by atoms with Gasteiger partial charge in [-0.15, -0.1) is 11.6 Å². The molecule has 150 valence electrons. The Labute approximate surface area is 162 Å². The number of aromatic nitrogens is 1. The van der Waals surface area contributed by atoms with Crippen molar-refractivity contribution in [2.24, 2.45) is 0 Å². The first-order chi connectivity index (χ1) is 12.6. The van der Waals surface area contributed by atoms with E-state index in [1.807, 2.05) is 10.8 Å². The van der Waals surface area contributed by atoms with Crippen LogP contribution in [0.1, 0.15) is 75.2 Å². The highest BCUT2D eigenvalue weighted by molar-refractivity contribution is 6.20. The second-order valence-electron chi connectivity index (χ2n) is 6.82. The van der Waals surface area contributed by atoms with Gasteiger partial charge in [-0.3, -0.25) is 0 Å². The Bertz CT molecular complexity index is 492. The lowest BCUT2D eigenvalue weighted by Crippen LogP contribution is -2.23. The predicted octanol–water partition coefficient (Wildman–Crippen LogP) is 4.14. The third kappa shape index (κ3) is 9.60. The molecule has 0 fully saturated rings. The van der Waals surface area contributed by atoms with Gasteiger partial charge in [0.25, 0.3) is 0 Å². The molecule has 0 aliphatic rings. The number of halogens is 1. The number of carbonyl (C=O) groups is 1. The number of hydrogen-bond donors (Lipinski definition) is 2. The third-order valence-corrected chi connectivity index (χ3v) is 4.90. The summed E-state index contributed by atoms with van der Waals surface area (Å²) in [5.41, 5.74) is 0.440. The van der Waals surface area contributed by atoms with Crippen LogP contribution in [0.2, 0.25) is 0 Å². The minimum atomic E-state index is -1.04. The number of aryl methyl sites for hydroxylation is 1. The number of ether oxygens (including phenoxy) is 1. The van der Waals surface area contributed by atoms with Crippen LogP contribution in [-0.2, 0) is 11.3 Å². The number of nitrogens with zero attached hydrogens (tertiary/aromatic N) is 1. The molecule has 0 saturated heterocycles. The van der Waals surface area contributed by atoms with Gasteiger partial charge in [-0.05, 0) is 25.0 Å². The number of aliphatic hydroxyl groups excluding tert-OH is 2. The van der Waals surface area contributed by atoms with Crippen molar-refractivity contribution in [2.75, 3.05) is 13.2 Å². The number of rotatable bonds is 15. The molecule has 0 aliphatic carbocycles. The standard InChI is InChI=1S/C20H34ClNO4/c1-2-3-4-5-6-7-8-10-17(21)12-14-22-13-9-11-19(22)20(25)26-16-18(24)15-23/h9,11,13,17-18,23-24H,2-8,10,12,14-16H2,1H3. The van der Waals surface area contributed by atoms with Crippen LogP contribution in [0.4, 0.5) is 0 Å². The molecule has 26 heavy (non-hydrogen) atoms. The maximum Gasteiger partial charge on any atom is 0.355 e. The van der Waals surface area contributed by atoms with Crippen molar-refractivity contribution in [2.45, 2.75) is 82.7 Å². The third-order valence-electron chi connectivity index (χ3n) is 4.46. The summed E-state index contributed by atoms with van der Waals surface area (Å²) in [7, 11) is 0. The zero-order valence-corrected chi connectivity index (χ0v) is 16.7. The first-order valence-corrected chi connectivity index (χ1v) is 10.3. The SMILES string of the molecule is CCCCCCCCCC(Cl)CCn1cccc1C(=O)OCC(O)CO. The van der Waals surface area contributed by atoms with Gasteiger partial charge in [-0.1, -0.05) is 51.9 Å². The van der Waals surface area contributed by atoms with Crippen LogP contribution in [0.25, 0.3) is 0 Å². The van der Waals surface area contributed by atoms with E-state index in [9.17, 15) is 9.90 Å². The fourth-order valence-corrected chi connectivity index (χ4v) is 3.09. The molecule has 1 aromatic rings. The zero-order chi connectivity index (χ0) is 19.2. The van der Waals surface area contributed by atoms with E-state index in [1.165, 1.54) is 38.5 Å². The Morgan fingerprint density at radius 2 is 1.88 bits per heavy atom. The molecular weight excluding hydrogens is 354 g/mol. The molecule has 0 radical (unpaired) electrons. The van der Waals surface area contributed by atoms with Gasteiger partial charge in [-0.2, -0.15) is 0 Å². The van der Waals surface area contributed by atoms with Gasteiger partial charge in [0.05, 0.1) is 6.61 Å². The van der Waals surface area contributed by atoms with Gasteiger partial charge in [0.2, 0.25) is 0 Å². The highest BCUT2D eigenvalue weighted by Gasteiger charge is 2.15. The molecule has 0 saturated carbocycles. The summed E-state index contributed by atoms with van der Waals surface area (Å²) in [4.78, 5) is 12.0. The normalized spacial score (nSPS) is 13.5. The smallest absolute Gasteiger partial charge is 0.355 e. The van der Waals surface area contributed by atoms with Crippen LogP contribution in [0.5, 0.6) is 0 Å². The lowest BCUT2D eigenvalue weighted by molar-refractivity contribution is 0.00852. The molecule has 0 bridgehead atoms. The van der Waals surface area contributed by atoms with Crippen LogP contribution in [0, 0.1) is 0 Å². The Morgan fingerprint density at radius 1 is 1.19 bits per heavy atom. The summed E-state index contributed by atoms with van der Waals surface area (Å²) >= 11 is 6.42. The molecule has 0 amide bonds. The second kappa shape index (κ2) is 14.1. The van der Waals surface area contributed by atoms with E-state index in [2.05, 4.69) is 6.92 Å². The predicted molar refractivity (Wildman–Crippen MR) is 105 cm³/mol. The molecule has 6 heteroatoms. The number of alkyl halides is 1. The zero-order valence-electron chi connectivity index (χ0n) is 15.9. The minimum Gasteiger partial charge on any atom is -0.458 e. The van der Waals surface area contributed by atoms with Crippen molar-refractivity contribution in [1.29, 1.82) is 0 Å².